The third-order valence-corrected chi connectivity index (χ3v) is 6.40. The first kappa shape index (κ1) is 18.9. The zero-order valence-electron chi connectivity index (χ0n) is 14.6. The smallest absolute Gasteiger partial charge is 0.246 e. The summed E-state index contributed by atoms with van der Waals surface area (Å²) in [5, 5.41) is 8.52. The van der Waals surface area contributed by atoms with E-state index >= 15 is 0 Å². The Morgan fingerprint density at radius 3 is 2.42 bits per heavy atom. The fourth-order valence-corrected chi connectivity index (χ4v) is 4.50. The normalized spacial score (nSPS) is 17.4. The Hall–Kier alpha value is -1.91. The molecule has 1 fully saturated rings. The lowest BCUT2D eigenvalue weighted by molar-refractivity contribution is -0.136. The molecular weight excluding hydrogens is 380 g/mol. The molecule has 1 unspecified atom stereocenters. The van der Waals surface area contributed by atoms with Gasteiger partial charge in [-0.05, 0) is 0 Å². The Bertz CT molecular complexity index is 885. The van der Waals surface area contributed by atoms with E-state index in [1.54, 1.807) is 22.8 Å². The van der Waals surface area contributed by atoms with Gasteiger partial charge in [-0.15, -0.1) is 0 Å². The number of hydrogen-bond acceptors (Lipinski definition) is 5. The summed E-state index contributed by atoms with van der Waals surface area (Å²) >= 11 is 5.84. The van der Waals surface area contributed by atoms with Crippen LogP contribution in [0.25, 0.3) is 0 Å². The second kappa shape index (κ2) is 7.37. The first-order valence-electron chi connectivity index (χ1n) is 8.23. The van der Waals surface area contributed by atoms with Crippen molar-refractivity contribution in [1.29, 1.82) is 0 Å². The minimum atomic E-state index is -3.57. The molecule has 0 bridgehead atoms. The average molecular weight is 401 g/mol. The minimum absolute atomic E-state index is 0.0185. The van der Waals surface area contributed by atoms with Crippen LogP contribution in [0.2, 0.25) is 5.02 Å². The average Bonchev–Trinajstić information content (AvgIpc) is 3.23. The SMILES string of the molecule is CC(Cn1cc(Cl)cn1)C(=O)N1CCN(S(=O)(=O)c2cnn(C)c2)CC1. The molecule has 0 radical (unpaired) electrons. The van der Waals surface area contributed by atoms with Crippen LogP contribution in [0.5, 0.6) is 0 Å². The highest BCUT2D eigenvalue weighted by molar-refractivity contribution is 7.89. The molecule has 1 atom stereocenters. The molecule has 0 aliphatic carbocycles. The van der Waals surface area contributed by atoms with Gasteiger partial charge in [0.25, 0.3) is 0 Å². The highest BCUT2D eigenvalue weighted by Gasteiger charge is 2.32. The Morgan fingerprint density at radius 1 is 1.19 bits per heavy atom. The molecule has 0 spiro atoms. The second-order valence-electron chi connectivity index (χ2n) is 6.36. The summed E-state index contributed by atoms with van der Waals surface area (Å²) in [5.41, 5.74) is 0. The van der Waals surface area contributed by atoms with Gasteiger partial charge in [-0.2, -0.15) is 14.5 Å². The van der Waals surface area contributed by atoms with Gasteiger partial charge in [0, 0.05) is 45.6 Å². The number of aryl methyl sites for hydroxylation is 1. The first-order valence-corrected chi connectivity index (χ1v) is 10.0. The number of aromatic nitrogens is 4. The maximum atomic E-state index is 12.6. The van der Waals surface area contributed by atoms with Crippen molar-refractivity contribution in [3.05, 3.63) is 29.8 Å². The van der Waals surface area contributed by atoms with Crippen molar-refractivity contribution in [2.75, 3.05) is 26.2 Å². The molecule has 11 heteroatoms. The van der Waals surface area contributed by atoms with Gasteiger partial charge in [0.15, 0.2) is 0 Å². The molecule has 3 rings (SSSR count). The van der Waals surface area contributed by atoms with E-state index in [1.165, 1.54) is 27.6 Å². The van der Waals surface area contributed by atoms with Gasteiger partial charge in [-0.25, -0.2) is 8.42 Å². The number of carbonyl (C=O) groups excluding carboxylic acids is 1. The maximum absolute atomic E-state index is 12.6. The van der Waals surface area contributed by atoms with E-state index < -0.39 is 10.0 Å². The Morgan fingerprint density at radius 2 is 1.88 bits per heavy atom. The molecular formula is C15H21ClN6O3S. The van der Waals surface area contributed by atoms with Crippen LogP contribution >= 0.6 is 11.6 Å². The first-order chi connectivity index (χ1) is 12.3. The summed E-state index contributed by atoms with van der Waals surface area (Å²) in [6.45, 7) is 3.52. The largest absolute Gasteiger partial charge is 0.340 e. The van der Waals surface area contributed by atoms with E-state index in [4.69, 9.17) is 11.6 Å². The fourth-order valence-electron chi connectivity index (χ4n) is 2.94. The lowest BCUT2D eigenvalue weighted by Crippen LogP contribution is -2.51. The van der Waals surface area contributed by atoms with Crippen molar-refractivity contribution >= 4 is 27.5 Å². The predicted octanol–water partition coefficient (Wildman–Crippen LogP) is 0.439. The van der Waals surface area contributed by atoms with E-state index in [0.29, 0.717) is 24.7 Å². The van der Waals surface area contributed by atoms with Crippen molar-refractivity contribution in [1.82, 2.24) is 28.8 Å². The molecule has 0 aromatic carbocycles. The number of sulfonamides is 1. The standard InChI is InChI=1S/C15H21ClN6O3S/c1-12(9-21-10-13(16)7-18-21)15(23)20-3-5-22(6-4-20)26(24,25)14-8-17-19(2)11-14/h7-8,10-12H,3-6,9H2,1-2H3. The maximum Gasteiger partial charge on any atom is 0.246 e. The Labute approximate surface area is 157 Å². The predicted molar refractivity (Wildman–Crippen MR) is 94.9 cm³/mol. The summed E-state index contributed by atoms with van der Waals surface area (Å²) in [7, 11) is -1.90. The summed E-state index contributed by atoms with van der Waals surface area (Å²) in [5.74, 6) is -0.289. The molecule has 142 valence electrons. The summed E-state index contributed by atoms with van der Waals surface area (Å²) < 4.78 is 29.7. The molecule has 0 saturated carbocycles. The van der Waals surface area contributed by atoms with Gasteiger partial charge in [0.1, 0.15) is 4.90 Å². The molecule has 3 heterocycles. The summed E-state index contributed by atoms with van der Waals surface area (Å²) in [4.78, 5) is 14.5. The quantitative estimate of drug-likeness (QED) is 0.726. The fraction of sp³-hybridized carbons (Fsp3) is 0.533. The molecule has 26 heavy (non-hydrogen) atoms. The lowest BCUT2D eigenvalue weighted by Gasteiger charge is -2.35. The molecule has 0 N–H and O–H groups in total. The van der Waals surface area contributed by atoms with Crippen molar-refractivity contribution in [3.8, 4) is 0 Å². The van der Waals surface area contributed by atoms with Gasteiger partial charge in [-0.3, -0.25) is 14.2 Å². The number of carbonyl (C=O) groups is 1. The highest BCUT2D eigenvalue weighted by atomic mass is 35.5. The number of rotatable bonds is 5. The zero-order valence-corrected chi connectivity index (χ0v) is 16.2. The van der Waals surface area contributed by atoms with Gasteiger partial charge >= 0.3 is 0 Å². The van der Waals surface area contributed by atoms with E-state index in [2.05, 4.69) is 10.2 Å². The molecule has 1 saturated heterocycles. The van der Waals surface area contributed by atoms with E-state index in [9.17, 15) is 13.2 Å². The van der Waals surface area contributed by atoms with E-state index in [-0.39, 0.29) is 29.8 Å². The second-order valence-corrected chi connectivity index (χ2v) is 8.74. The topological polar surface area (TPSA) is 93.3 Å². The number of hydrogen-bond donors (Lipinski definition) is 0. The number of amides is 1. The Kier molecular flexibility index (Phi) is 5.35. The minimum Gasteiger partial charge on any atom is -0.340 e. The van der Waals surface area contributed by atoms with Gasteiger partial charge in [0.05, 0.1) is 29.9 Å². The van der Waals surface area contributed by atoms with Gasteiger partial charge in [0.2, 0.25) is 15.9 Å². The number of nitrogens with zero attached hydrogens (tertiary/aromatic N) is 6. The zero-order chi connectivity index (χ0) is 18.9. The van der Waals surface area contributed by atoms with Gasteiger partial charge in [-0.1, -0.05) is 18.5 Å². The molecule has 1 aliphatic rings. The summed E-state index contributed by atoms with van der Waals surface area (Å²) in [6, 6.07) is 0. The highest BCUT2D eigenvalue weighted by Crippen LogP contribution is 2.18. The van der Waals surface area contributed by atoms with Crippen LogP contribution in [0, 0.1) is 5.92 Å². The van der Waals surface area contributed by atoms with Crippen molar-refractivity contribution in [2.45, 2.75) is 18.4 Å². The molecule has 2 aromatic rings. The van der Waals surface area contributed by atoms with Crippen LogP contribution in [0.1, 0.15) is 6.92 Å². The third kappa shape index (κ3) is 3.92. The lowest BCUT2D eigenvalue weighted by atomic mass is 10.1. The van der Waals surface area contributed by atoms with Gasteiger partial charge < -0.3 is 4.90 Å². The van der Waals surface area contributed by atoms with Crippen molar-refractivity contribution in [3.63, 3.8) is 0 Å². The monoisotopic (exact) mass is 400 g/mol. The Balaban J connectivity index is 1.58. The molecule has 2 aromatic heterocycles. The third-order valence-electron chi connectivity index (χ3n) is 4.35. The number of halogens is 1. The van der Waals surface area contributed by atoms with Crippen LogP contribution in [0.3, 0.4) is 0 Å². The molecule has 9 nitrogen and oxygen atoms in total. The van der Waals surface area contributed by atoms with Crippen molar-refractivity contribution in [2.24, 2.45) is 13.0 Å². The summed E-state index contributed by atoms with van der Waals surface area (Å²) in [6.07, 6.45) is 6.01. The van der Waals surface area contributed by atoms with E-state index in [1.807, 2.05) is 6.92 Å². The van der Waals surface area contributed by atoms with E-state index in [0.717, 1.165) is 0 Å². The van der Waals surface area contributed by atoms with Crippen molar-refractivity contribution < 1.29 is 13.2 Å². The van der Waals surface area contributed by atoms with Crippen LogP contribution in [0.15, 0.2) is 29.7 Å². The van der Waals surface area contributed by atoms with Crippen LogP contribution in [0.4, 0.5) is 0 Å². The van der Waals surface area contributed by atoms with Crippen LogP contribution in [-0.2, 0) is 28.4 Å². The molecule has 1 amide bonds. The number of piperazine rings is 1. The van der Waals surface area contributed by atoms with Crippen LogP contribution < -0.4 is 0 Å². The molecule has 1 aliphatic heterocycles. The van der Waals surface area contributed by atoms with Crippen LogP contribution in [-0.4, -0.2) is 69.3 Å².